The van der Waals surface area contributed by atoms with Crippen molar-refractivity contribution in [3.63, 3.8) is 0 Å². The van der Waals surface area contributed by atoms with Gasteiger partial charge < -0.3 is 10.1 Å². The highest BCUT2D eigenvalue weighted by atomic mass is 16.5. The predicted octanol–water partition coefficient (Wildman–Crippen LogP) is 1.10. The zero-order chi connectivity index (χ0) is 10.7. The molecule has 0 radical (unpaired) electrons. The second-order valence-electron chi connectivity index (χ2n) is 5.06. The molecule has 2 rings (SSSR count). The third kappa shape index (κ3) is 2.92. The molecular formula is C12H24N2O. The van der Waals surface area contributed by atoms with Crippen LogP contribution < -0.4 is 5.32 Å². The van der Waals surface area contributed by atoms with E-state index in [2.05, 4.69) is 24.1 Å². The Morgan fingerprint density at radius 2 is 2.27 bits per heavy atom. The van der Waals surface area contributed by atoms with Crippen LogP contribution in [0, 0.1) is 5.92 Å². The number of nitrogens with zero attached hydrogens (tertiary/aromatic N) is 1. The topological polar surface area (TPSA) is 24.5 Å². The van der Waals surface area contributed by atoms with Gasteiger partial charge in [-0.05, 0) is 32.6 Å². The summed E-state index contributed by atoms with van der Waals surface area (Å²) in [6.45, 7) is 10.1. The van der Waals surface area contributed by atoms with Crippen molar-refractivity contribution < 1.29 is 4.74 Å². The zero-order valence-corrected chi connectivity index (χ0v) is 10.0. The van der Waals surface area contributed by atoms with E-state index in [1.807, 2.05) is 0 Å². The lowest BCUT2D eigenvalue weighted by Gasteiger charge is -2.40. The van der Waals surface area contributed by atoms with Gasteiger partial charge in [0, 0.05) is 38.3 Å². The third-order valence-corrected chi connectivity index (χ3v) is 3.91. The van der Waals surface area contributed by atoms with Crippen LogP contribution in [0.2, 0.25) is 0 Å². The molecule has 1 N–H and O–H groups in total. The molecule has 0 aromatic heterocycles. The summed E-state index contributed by atoms with van der Waals surface area (Å²) in [5.74, 6) is 0.770. The number of ether oxygens (including phenoxy) is 1. The van der Waals surface area contributed by atoms with E-state index in [4.69, 9.17) is 4.74 Å². The lowest BCUT2D eigenvalue weighted by molar-refractivity contribution is 0.0237. The molecule has 2 fully saturated rings. The van der Waals surface area contributed by atoms with E-state index in [1.54, 1.807) is 0 Å². The van der Waals surface area contributed by atoms with Crippen LogP contribution in [-0.2, 0) is 4.74 Å². The van der Waals surface area contributed by atoms with Crippen molar-refractivity contribution in [3.8, 4) is 0 Å². The van der Waals surface area contributed by atoms with Crippen LogP contribution in [-0.4, -0.2) is 49.8 Å². The Hall–Kier alpha value is -0.120. The van der Waals surface area contributed by atoms with Crippen LogP contribution in [0.1, 0.15) is 26.7 Å². The minimum absolute atomic E-state index is 0.628. The average Bonchev–Trinajstić information content (AvgIpc) is 2.26. The van der Waals surface area contributed by atoms with E-state index in [1.165, 1.54) is 25.9 Å². The fourth-order valence-electron chi connectivity index (χ4n) is 2.67. The first-order chi connectivity index (χ1) is 7.27. The summed E-state index contributed by atoms with van der Waals surface area (Å²) in [7, 11) is 0. The van der Waals surface area contributed by atoms with Gasteiger partial charge in [-0.1, -0.05) is 0 Å². The van der Waals surface area contributed by atoms with Gasteiger partial charge in [0.1, 0.15) is 0 Å². The van der Waals surface area contributed by atoms with Crippen molar-refractivity contribution in [2.24, 2.45) is 5.92 Å². The second-order valence-corrected chi connectivity index (χ2v) is 5.06. The van der Waals surface area contributed by atoms with E-state index >= 15 is 0 Å². The minimum Gasteiger partial charge on any atom is -0.381 e. The molecule has 3 nitrogen and oxygen atoms in total. The molecule has 0 bridgehead atoms. The maximum absolute atomic E-state index is 5.54. The first-order valence-corrected chi connectivity index (χ1v) is 6.32. The molecule has 0 aliphatic carbocycles. The Morgan fingerprint density at radius 1 is 1.40 bits per heavy atom. The summed E-state index contributed by atoms with van der Waals surface area (Å²) in [5.41, 5.74) is 0. The van der Waals surface area contributed by atoms with Gasteiger partial charge in [-0.3, -0.25) is 4.90 Å². The smallest absolute Gasteiger partial charge is 0.0506 e. The van der Waals surface area contributed by atoms with Crippen molar-refractivity contribution in [2.45, 2.75) is 38.8 Å². The standard InChI is InChI=1S/C12H24N2O/c1-10-11(2)14(6-5-13-10)8-12-4-3-7-15-9-12/h10-13H,3-9H2,1-2H3. The molecule has 3 atom stereocenters. The molecule has 0 amide bonds. The van der Waals surface area contributed by atoms with Crippen molar-refractivity contribution in [2.75, 3.05) is 32.8 Å². The van der Waals surface area contributed by atoms with Crippen LogP contribution in [0.3, 0.4) is 0 Å². The molecule has 3 unspecified atom stereocenters. The Labute approximate surface area is 93.2 Å². The van der Waals surface area contributed by atoms with Crippen LogP contribution in [0.4, 0.5) is 0 Å². The lowest BCUT2D eigenvalue weighted by Crippen LogP contribution is -2.56. The molecule has 0 spiro atoms. The number of nitrogens with one attached hydrogen (secondary N) is 1. The minimum atomic E-state index is 0.628. The fourth-order valence-corrected chi connectivity index (χ4v) is 2.67. The van der Waals surface area contributed by atoms with Crippen LogP contribution in [0.5, 0.6) is 0 Å². The van der Waals surface area contributed by atoms with Crippen LogP contribution in [0.15, 0.2) is 0 Å². The van der Waals surface area contributed by atoms with Crippen molar-refractivity contribution >= 4 is 0 Å². The monoisotopic (exact) mass is 212 g/mol. The molecule has 0 aromatic rings. The Balaban J connectivity index is 1.81. The molecule has 2 aliphatic rings. The van der Waals surface area contributed by atoms with E-state index in [0.29, 0.717) is 12.1 Å². The molecule has 2 saturated heterocycles. The maximum atomic E-state index is 5.54. The largest absolute Gasteiger partial charge is 0.381 e. The summed E-state index contributed by atoms with van der Waals surface area (Å²) >= 11 is 0. The lowest BCUT2D eigenvalue weighted by atomic mass is 9.99. The van der Waals surface area contributed by atoms with Gasteiger partial charge in [0.2, 0.25) is 0 Å². The van der Waals surface area contributed by atoms with Crippen LogP contribution in [0.25, 0.3) is 0 Å². The van der Waals surface area contributed by atoms with E-state index in [0.717, 1.165) is 25.7 Å². The molecule has 0 saturated carbocycles. The first-order valence-electron chi connectivity index (χ1n) is 6.32. The molecule has 2 heterocycles. The zero-order valence-electron chi connectivity index (χ0n) is 10.0. The molecule has 2 aliphatic heterocycles. The normalized spacial score (nSPS) is 39.2. The van der Waals surface area contributed by atoms with Gasteiger partial charge in [0.25, 0.3) is 0 Å². The average molecular weight is 212 g/mol. The van der Waals surface area contributed by atoms with Gasteiger partial charge >= 0.3 is 0 Å². The Bertz CT molecular complexity index is 192. The van der Waals surface area contributed by atoms with E-state index in [-0.39, 0.29) is 0 Å². The van der Waals surface area contributed by atoms with Gasteiger partial charge in [0.15, 0.2) is 0 Å². The van der Waals surface area contributed by atoms with Crippen LogP contribution >= 0.6 is 0 Å². The maximum Gasteiger partial charge on any atom is 0.0506 e. The van der Waals surface area contributed by atoms with Gasteiger partial charge in [-0.2, -0.15) is 0 Å². The molecular weight excluding hydrogens is 188 g/mol. The number of hydrogen-bond acceptors (Lipinski definition) is 3. The van der Waals surface area contributed by atoms with E-state index in [9.17, 15) is 0 Å². The molecule has 0 aromatic carbocycles. The highest BCUT2D eigenvalue weighted by Gasteiger charge is 2.26. The summed E-state index contributed by atoms with van der Waals surface area (Å²) in [5, 5.41) is 3.53. The quantitative estimate of drug-likeness (QED) is 0.742. The number of piperazine rings is 1. The Kier molecular flexibility index (Phi) is 4.00. The van der Waals surface area contributed by atoms with Crippen molar-refractivity contribution in [1.29, 1.82) is 0 Å². The summed E-state index contributed by atoms with van der Waals surface area (Å²) in [6.07, 6.45) is 2.60. The van der Waals surface area contributed by atoms with Gasteiger partial charge in [-0.25, -0.2) is 0 Å². The summed E-state index contributed by atoms with van der Waals surface area (Å²) in [4.78, 5) is 2.63. The highest BCUT2D eigenvalue weighted by molar-refractivity contribution is 4.84. The van der Waals surface area contributed by atoms with Crippen molar-refractivity contribution in [3.05, 3.63) is 0 Å². The number of rotatable bonds is 2. The van der Waals surface area contributed by atoms with E-state index < -0.39 is 0 Å². The molecule has 15 heavy (non-hydrogen) atoms. The number of hydrogen-bond donors (Lipinski definition) is 1. The fraction of sp³-hybridized carbons (Fsp3) is 1.00. The molecule has 3 heteroatoms. The van der Waals surface area contributed by atoms with Crippen molar-refractivity contribution in [1.82, 2.24) is 10.2 Å². The molecule has 88 valence electrons. The predicted molar refractivity (Wildman–Crippen MR) is 62.0 cm³/mol. The first kappa shape index (κ1) is 11.4. The Morgan fingerprint density at radius 3 is 3.00 bits per heavy atom. The van der Waals surface area contributed by atoms with Gasteiger partial charge in [0.05, 0.1) is 6.61 Å². The third-order valence-electron chi connectivity index (χ3n) is 3.91. The highest BCUT2D eigenvalue weighted by Crippen LogP contribution is 2.18. The second kappa shape index (κ2) is 5.28. The summed E-state index contributed by atoms with van der Waals surface area (Å²) in [6, 6.07) is 1.30. The SMILES string of the molecule is CC1NCCN(CC2CCCOC2)C1C. The van der Waals surface area contributed by atoms with Gasteiger partial charge in [-0.15, -0.1) is 0 Å². The summed E-state index contributed by atoms with van der Waals surface area (Å²) < 4.78 is 5.54.